The second kappa shape index (κ2) is 9.08. The van der Waals surface area contributed by atoms with Gasteiger partial charge >= 0.3 is 0 Å². The van der Waals surface area contributed by atoms with Gasteiger partial charge in [0, 0.05) is 46.7 Å². The fraction of sp³-hybridized carbons (Fsp3) is 0.308. The zero-order valence-corrected chi connectivity index (χ0v) is 20.6. The highest BCUT2D eigenvalue weighted by Crippen LogP contribution is 2.49. The first-order chi connectivity index (χ1) is 15.4. The van der Waals surface area contributed by atoms with E-state index >= 15 is 0 Å². The predicted octanol–water partition coefficient (Wildman–Crippen LogP) is 7.90. The maximum absolute atomic E-state index is 6.61. The number of benzene rings is 3. The SMILES string of the molecule is Clc1ccc([C@@H]2CN(CC3(c4ccc(Cl)cc4)CC3)CCN2c2ccc(Cl)cc2Cl)cc1. The number of anilines is 1. The van der Waals surface area contributed by atoms with Crippen LogP contribution in [0, 0.1) is 0 Å². The van der Waals surface area contributed by atoms with Crippen LogP contribution < -0.4 is 4.90 Å². The van der Waals surface area contributed by atoms with E-state index in [0.717, 1.165) is 41.9 Å². The van der Waals surface area contributed by atoms with Crippen LogP contribution in [0.25, 0.3) is 0 Å². The zero-order chi connectivity index (χ0) is 22.3. The van der Waals surface area contributed by atoms with Crippen molar-refractivity contribution in [1.29, 1.82) is 0 Å². The van der Waals surface area contributed by atoms with Crippen LogP contribution in [0.4, 0.5) is 5.69 Å². The molecule has 1 aliphatic heterocycles. The van der Waals surface area contributed by atoms with Gasteiger partial charge in [0.1, 0.15) is 0 Å². The van der Waals surface area contributed by atoms with Gasteiger partial charge in [-0.2, -0.15) is 0 Å². The van der Waals surface area contributed by atoms with E-state index in [1.165, 1.54) is 24.0 Å². The lowest BCUT2D eigenvalue weighted by Crippen LogP contribution is -2.50. The third kappa shape index (κ3) is 4.62. The van der Waals surface area contributed by atoms with E-state index in [9.17, 15) is 0 Å². The molecule has 5 rings (SSSR count). The molecule has 0 spiro atoms. The Morgan fingerprint density at radius 1 is 0.750 bits per heavy atom. The zero-order valence-electron chi connectivity index (χ0n) is 17.6. The summed E-state index contributed by atoms with van der Waals surface area (Å²) >= 11 is 25.1. The second-order valence-corrected chi connectivity index (χ2v) is 10.6. The number of halogens is 4. The molecule has 1 heterocycles. The number of rotatable bonds is 5. The van der Waals surface area contributed by atoms with E-state index in [4.69, 9.17) is 46.4 Å². The maximum Gasteiger partial charge on any atom is 0.0670 e. The smallest absolute Gasteiger partial charge is 0.0670 e. The van der Waals surface area contributed by atoms with Crippen molar-refractivity contribution in [2.24, 2.45) is 0 Å². The van der Waals surface area contributed by atoms with E-state index in [1.54, 1.807) is 0 Å². The van der Waals surface area contributed by atoms with Gasteiger partial charge in [-0.3, -0.25) is 4.90 Å². The van der Waals surface area contributed by atoms with Crippen LogP contribution >= 0.6 is 46.4 Å². The Labute approximate surface area is 209 Å². The third-order valence-corrected chi connectivity index (χ3v) is 7.82. The molecule has 1 atom stereocenters. The molecule has 0 unspecified atom stereocenters. The topological polar surface area (TPSA) is 6.48 Å². The average Bonchev–Trinajstić information content (AvgIpc) is 3.56. The minimum Gasteiger partial charge on any atom is -0.361 e. The highest BCUT2D eigenvalue weighted by Gasteiger charge is 2.46. The molecule has 0 radical (unpaired) electrons. The van der Waals surface area contributed by atoms with Gasteiger partial charge in [-0.25, -0.2) is 0 Å². The summed E-state index contributed by atoms with van der Waals surface area (Å²) in [5.74, 6) is 0. The van der Waals surface area contributed by atoms with Crippen molar-refractivity contribution in [2.45, 2.75) is 24.3 Å². The van der Waals surface area contributed by atoms with Crippen LogP contribution in [0.5, 0.6) is 0 Å². The van der Waals surface area contributed by atoms with Crippen LogP contribution in [0.2, 0.25) is 20.1 Å². The van der Waals surface area contributed by atoms with Crippen molar-refractivity contribution in [3.8, 4) is 0 Å². The summed E-state index contributed by atoms with van der Waals surface area (Å²) in [7, 11) is 0. The summed E-state index contributed by atoms with van der Waals surface area (Å²) in [6.07, 6.45) is 2.45. The molecular formula is C26H24Cl4N2. The summed E-state index contributed by atoms with van der Waals surface area (Å²) < 4.78 is 0. The minimum atomic E-state index is 0.181. The maximum atomic E-state index is 6.61. The summed E-state index contributed by atoms with van der Waals surface area (Å²) in [6.45, 7) is 3.86. The van der Waals surface area contributed by atoms with E-state index in [0.29, 0.717) is 10.0 Å². The van der Waals surface area contributed by atoms with Crippen molar-refractivity contribution >= 4 is 52.1 Å². The Kier molecular flexibility index (Phi) is 6.35. The standard InChI is InChI=1S/C26H24Cl4N2/c27-20-5-1-18(2-6-20)25-16-31(13-14-32(25)24-10-9-22(29)15-23(24)30)17-26(11-12-26)19-3-7-21(28)8-4-19/h1-10,15,25H,11-14,16-17H2/t25-/m0/s1. The molecule has 3 aromatic rings. The number of nitrogens with zero attached hydrogens (tertiary/aromatic N) is 2. The molecule has 2 nitrogen and oxygen atoms in total. The number of hydrogen-bond donors (Lipinski definition) is 0. The van der Waals surface area contributed by atoms with E-state index in [-0.39, 0.29) is 11.5 Å². The van der Waals surface area contributed by atoms with Crippen molar-refractivity contribution < 1.29 is 0 Å². The van der Waals surface area contributed by atoms with Crippen molar-refractivity contribution in [3.05, 3.63) is 97.9 Å². The first-order valence-electron chi connectivity index (χ1n) is 10.9. The Bertz CT molecular complexity index is 1090. The van der Waals surface area contributed by atoms with Gasteiger partial charge in [0.2, 0.25) is 0 Å². The van der Waals surface area contributed by atoms with Gasteiger partial charge in [0.15, 0.2) is 0 Å². The van der Waals surface area contributed by atoms with Gasteiger partial charge < -0.3 is 4.90 Å². The van der Waals surface area contributed by atoms with Gasteiger partial charge in [-0.05, 0) is 66.4 Å². The molecule has 2 fully saturated rings. The Balaban J connectivity index is 1.41. The molecule has 1 aliphatic carbocycles. The van der Waals surface area contributed by atoms with Crippen LogP contribution in [-0.2, 0) is 5.41 Å². The summed E-state index contributed by atoms with van der Waals surface area (Å²) in [5.41, 5.74) is 3.90. The first kappa shape index (κ1) is 22.4. The van der Waals surface area contributed by atoms with Crippen LogP contribution in [-0.4, -0.2) is 31.1 Å². The summed E-state index contributed by atoms with van der Waals surface area (Å²) in [6, 6.07) is 22.5. The van der Waals surface area contributed by atoms with Crippen LogP contribution in [0.1, 0.15) is 30.0 Å². The summed E-state index contributed by atoms with van der Waals surface area (Å²) in [4.78, 5) is 5.00. The molecule has 0 bridgehead atoms. The monoisotopic (exact) mass is 504 g/mol. The fourth-order valence-corrected chi connectivity index (χ4v) is 5.65. The molecule has 0 aromatic heterocycles. The lowest BCUT2D eigenvalue weighted by molar-refractivity contribution is 0.205. The molecule has 1 saturated carbocycles. The largest absolute Gasteiger partial charge is 0.361 e. The normalized spacial score (nSPS) is 20.4. The van der Waals surface area contributed by atoms with Gasteiger partial charge in [0.25, 0.3) is 0 Å². The first-order valence-corrected chi connectivity index (χ1v) is 12.4. The van der Waals surface area contributed by atoms with Crippen molar-refractivity contribution in [3.63, 3.8) is 0 Å². The quantitative estimate of drug-likeness (QED) is 0.347. The van der Waals surface area contributed by atoms with E-state index in [2.05, 4.69) is 34.1 Å². The molecule has 6 heteroatoms. The Hall–Kier alpha value is -1.42. The molecule has 1 saturated heterocycles. The predicted molar refractivity (Wildman–Crippen MR) is 137 cm³/mol. The molecular weight excluding hydrogens is 482 g/mol. The van der Waals surface area contributed by atoms with E-state index in [1.807, 2.05) is 42.5 Å². The van der Waals surface area contributed by atoms with Crippen LogP contribution in [0.15, 0.2) is 66.7 Å². The highest BCUT2D eigenvalue weighted by atomic mass is 35.5. The molecule has 0 amide bonds. The van der Waals surface area contributed by atoms with Crippen molar-refractivity contribution in [1.82, 2.24) is 4.90 Å². The second-order valence-electron chi connectivity index (χ2n) is 8.88. The van der Waals surface area contributed by atoms with Crippen molar-refractivity contribution in [2.75, 3.05) is 31.1 Å². The molecule has 166 valence electrons. The third-order valence-electron chi connectivity index (χ3n) is 6.77. The lowest BCUT2D eigenvalue weighted by atomic mass is 9.94. The highest BCUT2D eigenvalue weighted by molar-refractivity contribution is 6.36. The van der Waals surface area contributed by atoms with E-state index < -0.39 is 0 Å². The average molecular weight is 506 g/mol. The van der Waals surface area contributed by atoms with Gasteiger partial charge in [-0.1, -0.05) is 70.7 Å². The molecule has 2 aliphatic rings. The fourth-order valence-electron chi connectivity index (χ4n) is 4.88. The number of hydrogen-bond acceptors (Lipinski definition) is 2. The Morgan fingerprint density at radius 3 is 2.00 bits per heavy atom. The number of piperazine rings is 1. The lowest BCUT2D eigenvalue weighted by Gasteiger charge is -2.44. The van der Waals surface area contributed by atoms with Crippen LogP contribution in [0.3, 0.4) is 0 Å². The molecule has 0 N–H and O–H groups in total. The van der Waals surface area contributed by atoms with Gasteiger partial charge in [0.05, 0.1) is 16.8 Å². The summed E-state index contributed by atoms with van der Waals surface area (Å²) in [5, 5.41) is 2.88. The molecule has 32 heavy (non-hydrogen) atoms. The van der Waals surface area contributed by atoms with Gasteiger partial charge in [-0.15, -0.1) is 0 Å². The molecule has 3 aromatic carbocycles. The Morgan fingerprint density at radius 2 is 1.38 bits per heavy atom. The minimum absolute atomic E-state index is 0.181.